The van der Waals surface area contributed by atoms with Gasteiger partial charge in [0, 0.05) is 29.2 Å². The molecule has 23 heavy (non-hydrogen) atoms. The standard InChI is InChI=1S/C17H25BrN4O/c1-11-4-6-13(7-5-11)15-8-14(18)16-9-19-17(21-22(15)16)20-12(2)10-23-3/h8-9,11-13H,4-7,10H2,1-3H3,(H,20,21)/t11?,12-,13?/m0/s1. The molecule has 0 unspecified atom stereocenters. The Labute approximate surface area is 145 Å². The molecular formula is C17H25BrN4O. The number of anilines is 1. The summed E-state index contributed by atoms with van der Waals surface area (Å²) in [4.78, 5) is 4.43. The summed E-state index contributed by atoms with van der Waals surface area (Å²) in [5.74, 6) is 2.09. The first-order chi connectivity index (χ1) is 11.1. The molecule has 1 N–H and O–H groups in total. The molecule has 1 atom stereocenters. The van der Waals surface area contributed by atoms with E-state index in [1.165, 1.54) is 31.4 Å². The van der Waals surface area contributed by atoms with Gasteiger partial charge in [0.15, 0.2) is 0 Å². The Balaban J connectivity index is 1.89. The zero-order valence-electron chi connectivity index (χ0n) is 14.1. The van der Waals surface area contributed by atoms with Crippen molar-refractivity contribution in [1.29, 1.82) is 0 Å². The summed E-state index contributed by atoms with van der Waals surface area (Å²) in [5, 5.41) is 8.02. The second-order valence-electron chi connectivity index (χ2n) is 6.75. The molecule has 2 aromatic heterocycles. The van der Waals surface area contributed by atoms with Gasteiger partial charge in [0.05, 0.1) is 18.3 Å². The van der Waals surface area contributed by atoms with Crippen molar-refractivity contribution in [3.63, 3.8) is 0 Å². The minimum atomic E-state index is 0.176. The number of fused-ring (bicyclic) bond motifs is 1. The highest BCUT2D eigenvalue weighted by atomic mass is 79.9. The number of rotatable bonds is 5. The predicted octanol–water partition coefficient (Wildman–Crippen LogP) is 4.23. The van der Waals surface area contributed by atoms with Crippen molar-refractivity contribution in [3.05, 3.63) is 22.4 Å². The first-order valence-electron chi connectivity index (χ1n) is 8.38. The van der Waals surface area contributed by atoms with E-state index >= 15 is 0 Å². The van der Waals surface area contributed by atoms with E-state index in [1.807, 2.05) is 6.20 Å². The molecule has 1 fully saturated rings. The Kier molecular flexibility index (Phi) is 5.21. The van der Waals surface area contributed by atoms with E-state index in [0.717, 1.165) is 15.9 Å². The van der Waals surface area contributed by atoms with Gasteiger partial charge in [-0.2, -0.15) is 0 Å². The van der Waals surface area contributed by atoms with Gasteiger partial charge in [-0.25, -0.2) is 9.50 Å². The van der Waals surface area contributed by atoms with Gasteiger partial charge >= 0.3 is 0 Å². The normalized spacial score (nSPS) is 23.1. The molecule has 1 aliphatic rings. The van der Waals surface area contributed by atoms with E-state index in [1.54, 1.807) is 7.11 Å². The van der Waals surface area contributed by atoms with E-state index in [9.17, 15) is 0 Å². The third kappa shape index (κ3) is 3.69. The second-order valence-corrected chi connectivity index (χ2v) is 7.61. The van der Waals surface area contributed by atoms with Gasteiger partial charge in [-0.05, 0) is 47.7 Å². The van der Waals surface area contributed by atoms with E-state index in [2.05, 4.69) is 50.7 Å². The highest BCUT2D eigenvalue weighted by molar-refractivity contribution is 9.10. The van der Waals surface area contributed by atoms with Crippen LogP contribution in [0.15, 0.2) is 16.7 Å². The smallest absolute Gasteiger partial charge is 0.241 e. The van der Waals surface area contributed by atoms with Crippen LogP contribution in [0.4, 0.5) is 5.95 Å². The average Bonchev–Trinajstić information content (AvgIpc) is 2.85. The molecule has 0 amide bonds. The lowest BCUT2D eigenvalue weighted by atomic mass is 9.81. The molecule has 0 spiro atoms. The van der Waals surface area contributed by atoms with Crippen LogP contribution in [0.5, 0.6) is 0 Å². The van der Waals surface area contributed by atoms with Crippen molar-refractivity contribution >= 4 is 27.4 Å². The Hall–Kier alpha value is -1.14. The third-order valence-electron chi connectivity index (χ3n) is 4.72. The van der Waals surface area contributed by atoms with Crippen LogP contribution >= 0.6 is 15.9 Å². The maximum absolute atomic E-state index is 5.16. The van der Waals surface area contributed by atoms with Gasteiger partial charge in [0.25, 0.3) is 0 Å². The quantitative estimate of drug-likeness (QED) is 0.842. The minimum Gasteiger partial charge on any atom is -0.383 e. The minimum absolute atomic E-state index is 0.176. The van der Waals surface area contributed by atoms with E-state index in [0.29, 0.717) is 18.5 Å². The molecule has 6 heteroatoms. The molecule has 0 aliphatic heterocycles. The maximum Gasteiger partial charge on any atom is 0.241 e. The van der Waals surface area contributed by atoms with Gasteiger partial charge in [-0.1, -0.05) is 19.8 Å². The van der Waals surface area contributed by atoms with Crippen molar-refractivity contribution in [2.24, 2.45) is 5.92 Å². The number of methoxy groups -OCH3 is 1. The molecule has 0 radical (unpaired) electrons. The van der Waals surface area contributed by atoms with Gasteiger partial charge in [0.1, 0.15) is 0 Å². The number of hydrogen-bond donors (Lipinski definition) is 1. The van der Waals surface area contributed by atoms with Crippen LogP contribution in [0.3, 0.4) is 0 Å². The summed E-state index contributed by atoms with van der Waals surface area (Å²) in [7, 11) is 1.70. The number of nitrogens with one attached hydrogen (secondary N) is 1. The molecule has 1 aliphatic carbocycles. The summed E-state index contributed by atoms with van der Waals surface area (Å²) in [6, 6.07) is 2.39. The van der Waals surface area contributed by atoms with E-state index in [4.69, 9.17) is 9.84 Å². The number of hydrogen-bond acceptors (Lipinski definition) is 4. The topological polar surface area (TPSA) is 51.5 Å². The zero-order valence-corrected chi connectivity index (χ0v) is 15.6. The second kappa shape index (κ2) is 7.18. The summed E-state index contributed by atoms with van der Waals surface area (Å²) >= 11 is 3.66. The average molecular weight is 381 g/mol. The molecule has 2 heterocycles. The Bertz CT molecular complexity index is 664. The molecule has 0 saturated heterocycles. The van der Waals surface area contributed by atoms with Gasteiger partial charge < -0.3 is 10.1 Å². The van der Waals surface area contributed by atoms with Gasteiger partial charge in [-0.15, -0.1) is 5.10 Å². The fourth-order valence-corrected chi connectivity index (χ4v) is 3.91. The highest BCUT2D eigenvalue weighted by Gasteiger charge is 2.24. The molecule has 126 valence electrons. The fraction of sp³-hybridized carbons (Fsp3) is 0.647. The fourth-order valence-electron chi connectivity index (χ4n) is 3.40. The van der Waals surface area contributed by atoms with Gasteiger partial charge in [-0.3, -0.25) is 0 Å². The van der Waals surface area contributed by atoms with Crippen molar-refractivity contribution in [2.45, 2.75) is 51.5 Å². The molecule has 1 saturated carbocycles. The van der Waals surface area contributed by atoms with Crippen LogP contribution in [0.25, 0.3) is 5.52 Å². The molecule has 2 aromatic rings. The summed E-state index contributed by atoms with van der Waals surface area (Å²) in [6.07, 6.45) is 6.97. The van der Waals surface area contributed by atoms with Crippen molar-refractivity contribution in [1.82, 2.24) is 14.6 Å². The predicted molar refractivity (Wildman–Crippen MR) is 96.0 cm³/mol. The van der Waals surface area contributed by atoms with Crippen LogP contribution in [0.2, 0.25) is 0 Å². The maximum atomic E-state index is 5.16. The molecule has 3 rings (SSSR count). The number of aromatic nitrogens is 3. The lowest BCUT2D eigenvalue weighted by molar-refractivity contribution is 0.190. The van der Waals surface area contributed by atoms with Crippen molar-refractivity contribution in [2.75, 3.05) is 19.0 Å². The summed E-state index contributed by atoms with van der Waals surface area (Å²) in [5.41, 5.74) is 2.33. The monoisotopic (exact) mass is 380 g/mol. The first-order valence-corrected chi connectivity index (χ1v) is 9.17. The molecule has 0 bridgehead atoms. The van der Waals surface area contributed by atoms with Crippen LogP contribution in [0.1, 0.15) is 51.1 Å². The zero-order chi connectivity index (χ0) is 16.4. The third-order valence-corrected chi connectivity index (χ3v) is 5.36. The Morgan fingerprint density at radius 3 is 2.83 bits per heavy atom. The van der Waals surface area contributed by atoms with E-state index < -0.39 is 0 Å². The lowest BCUT2D eigenvalue weighted by Crippen LogP contribution is -2.23. The number of halogens is 1. The summed E-state index contributed by atoms with van der Waals surface area (Å²) in [6.45, 7) is 5.04. The Morgan fingerprint density at radius 2 is 2.13 bits per heavy atom. The summed E-state index contributed by atoms with van der Waals surface area (Å²) < 4.78 is 8.29. The number of nitrogens with zero attached hydrogens (tertiary/aromatic N) is 3. The SMILES string of the molecule is COC[C@H](C)Nc1ncc2c(Br)cc(C3CCC(C)CC3)n2n1. The van der Waals surface area contributed by atoms with Crippen LogP contribution in [-0.2, 0) is 4.74 Å². The largest absolute Gasteiger partial charge is 0.383 e. The first kappa shape index (κ1) is 16.7. The molecule has 5 nitrogen and oxygen atoms in total. The van der Waals surface area contributed by atoms with Crippen molar-refractivity contribution < 1.29 is 4.74 Å². The van der Waals surface area contributed by atoms with Crippen molar-refractivity contribution in [3.8, 4) is 0 Å². The number of ether oxygens (including phenoxy) is 1. The van der Waals surface area contributed by atoms with E-state index in [-0.39, 0.29) is 6.04 Å². The highest BCUT2D eigenvalue weighted by Crippen LogP contribution is 2.37. The lowest BCUT2D eigenvalue weighted by Gasteiger charge is -2.25. The van der Waals surface area contributed by atoms with Crippen LogP contribution < -0.4 is 5.32 Å². The Morgan fingerprint density at radius 1 is 1.39 bits per heavy atom. The van der Waals surface area contributed by atoms with Crippen LogP contribution in [0, 0.1) is 5.92 Å². The van der Waals surface area contributed by atoms with Gasteiger partial charge in [0.2, 0.25) is 5.95 Å². The molecular weight excluding hydrogens is 356 g/mol. The molecule has 0 aromatic carbocycles. The van der Waals surface area contributed by atoms with Crippen LogP contribution in [-0.4, -0.2) is 34.4 Å².